The molecule has 0 saturated carbocycles. The molecule has 0 unspecified atom stereocenters. The molecule has 0 aliphatic carbocycles. The van der Waals surface area contributed by atoms with Crippen LogP contribution in [0.5, 0.6) is 0 Å². The Balaban J connectivity index is 1.33. The first-order valence-electron chi connectivity index (χ1n) is 12.7. The topological polar surface area (TPSA) is 26.8 Å². The zero-order chi connectivity index (χ0) is 24.5. The highest BCUT2D eigenvalue weighted by molar-refractivity contribution is 7.97. The smallest absolute Gasteiger partial charge is 0.319 e. The van der Waals surface area contributed by atoms with E-state index >= 15 is 0 Å². The number of urea groups is 1. The Morgan fingerprint density at radius 3 is 1.80 bits per heavy atom. The molecule has 5 heteroatoms. The Kier molecular flexibility index (Phi) is 9.27. The second-order valence-corrected chi connectivity index (χ2v) is 11.4. The van der Waals surface area contributed by atoms with Crippen LogP contribution in [0, 0.1) is 0 Å². The van der Waals surface area contributed by atoms with Gasteiger partial charge in [0, 0.05) is 33.7 Å². The highest BCUT2D eigenvalue weighted by Gasteiger charge is 2.28. The molecule has 1 aliphatic heterocycles. The molecule has 4 nitrogen and oxygen atoms in total. The number of amides is 2. The van der Waals surface area contributed by atoms with Crippen LogP contribution in [-0.2, 0) is 17.3 Å². The summed E-state index contributed by atoms with van der Waals surface area (Å²) in [6.07, 6.45) is 4.77. The van der Waals surface area contributed by atoms with Crippen LogP contribution in [0.3, 0.4) is 0 Å². The summed E-state index contributed by atoms with van der Waals surface area (Å²) < 4.78 is 0. The van der Waals surface area contributed by atoms with Crippen LogP contribution >= 0.6 is 0 Å². The van der Waals surface area contributed by atoms with Gasteiger partial charge in [-0.25, -0.2) is 4.79 Å². The van der Waals surface area contributed by atoms with Gasteiger partial charge in [-0.1, -0.05) is 55.0 Å². The fourth-order valence-corrected chi connectivity index (χ4v) is 6.65. The monoisotopic (exact) mass is 488 g/mol. The first-order valence-corrected chi connectivity index (χ1v) is 14.0. The van der Waals surface area contributed by atoms with Crippen LogP contribution in [0.15, 0.2) is 99.6 Å². The van der Waals surface area contributed by atoms with Crippen molar-refractivity contribution in [2.75, 3.05) is 46.8 Å². The molecule has 2 amide bonds. The van der Waals surface area contributed by atoms with Crippen molar-refractivity contribution in [1.29, 1.82) is 0 Å². The van der Waals surface area contributed by atoms with Gasteiger partial charge in [-0.3, -0.25) is 0 Å². The molecule has 0 bridgehead atoms. The van der Waals surface area contributed by atoms with Crippen LogP contribution in [0.2, 0.25) is 0 Å². The molecule has 184 valence electrons. The first-order chi connectivity index (χ1) is 17.1. The van der Waals surface area contributed by atoms with E-state index in [4.69, 9.17) is 0 Å². The van der Waals surface area contributed by atoms with Crippen molar-refractivity contribution in [2.45, 2.75) is 40.4 Å². The molecule has 0 N–H and O–H groups in total. The molecule has 0 atom stereocenters. The molecule has 0 radical (unpaired) electrons. The normalized spacial score (nSPS) is 14.1. The highest BCUT2D eigenvalue weighted by atomic mass is 32.2. The number of likely N-dealkylation sites (N-methyl/N-ethyl adjacent to an activating group) is 2. The Labute approximate surface area is 213 Å². The zero-order valence-electron chi connectivity index (χ0n) is 21.1. The number of rotatable bonds is 9. The predicted molar refractivity (Wildman–Crippen MR) is 146 cm³/mol. The number of hydrogen-bond donors (Lipinski definition) is 0. The van der Waals surface area contributed by atoms with Crippen molar-refractivity contribution < 1.29 is 4.79 Å². The minimum atomic E-state index is -0.129. The maximum absolute atomic E-state index is 12.8. The van der Waals surface area contributed by atoms with Gasteiger partial charge < -0.3 is 14.7 Å². The van der Waals surface area contributed by atoms with E-state index in [1.165, 1.54) is 52.6 Å². The van der Waals surface area contributed by atoms with Gasteiger partial charge >= 0.3 is 6.03 Å². The molecule has 3 aromatic carbocycles. The summed E-state index contributed by atoms with van der Waals surface area (Å²) >= 11 is 0. The Morgan fingerprint density at radius 1 is 0.714 bits per heavy atom. The molecule has 4 rings (SSSR count). The Bertz CT molecular complexity index is 997. The number of carbonyl (C=O) groups excluding carboxylic acids is 1. The van der Waals surface area contributed by atoms with E-state index in [-0.39, 0.29) is 16.9 Å². The molecule has 35 heavy (non-hydrogen) atoms. The fraction of sp³-hybridized carbons (Fsp3) is 0.367. The average molecular weight is 489 g/mol. The Morgan fingerprint density at radius 2 is 1.23 bits per heavy atom. The van der Waals surface area contributed by atoms with Crippen LogP contribution in [0.4, 0.5) is 4.79 Å². The van der Waals surface area contributed by atoms with Gasteiger partial charge in [-0.15, -0.1) is 0 Å². The third-order valence-corrected chi connectivity index (χ3v) is 8.94. The van der Waals surface area contributed by atoms with E-state index in [1.54, 1.807) is 0 Å². The van der Waals surface area contributed by atoms with E-state index < -0.39 is 0 Å². The lowest BCUT2D eigenvalue weighted by Gasteiger charge is -2.30. The summed E-state index contributed by atoms with van der Waals surface area (Å²) in [5.41, 5.74) is 1.26. The van der Waals surface area contributed by atoms with Crippen molar-refractivity contribution in [1.82, 2.24) is 14.7 Å². The third kappa shape index (κ3) is 7.12. The number of benzene rings is 3. The van der Waals surface area contributed by atoms with Gasteiger partial charge in [0.2, 0.25) is 0 Å². The van der Waals surface area contributed by atoms with Crippen molar-refractivity contribution in [2.24, 2.45) is 0 Å². The minimum Gasteiger partial charge on any atom is -0.327 e. The van der Waals surface area contributed by atoms with Crippen LogP contribution in [-0.4, -0.2) is 67.5 Å². The molecule has 1 fully saturated rings. The van der Waals surface area contributed by atoms with Crippen molar-refractivity contribution in [3.8, 4) is 0 Å². The standard InChI is InChI=1S/C30H38N3OS/c1-31(30(34)32(2)24-25-33-21-10-5-11-22-33)23-20-26-16-18-29(19-17-26)35(27-12-6-3-7-13-27)28-14-8-4-9-15-28/h3-4,6-9,12-19H,5,10-11,20-25H2,1-2H3/q+1. The Hall–Kier alpha value is -2.76. The van der Waals surface area contributed by atoms with Gasteiger partial charge in [0.05, 0.1) is 10.9 Å². The number of piperidine rings is 1. The van der Waals surface area contributed by atoms with Crippen molar-refractivity contribution in [3.63, 3.8) is 0 Å². The molecular formula is C30H38N3OS+. The molecule has 1 aliphatic rings. The summed E-state index contributed by atoms with van der Waals surface area (Å²) in [6.45, 7) is 4.82. The second-order valence-electron chi connectivity index (χ2n) is 9.35. The van der Waals surface area contributed by atoms with Crippen LogP contribution < -0.4 is 0 Å². The fourth-order valence-electron chi connectivity index (χ4n) is 4.57. The minimum absolute atomic E-state index is 0.105. The van der Waals surface area contributed by atoms with Crippen LogP contribution in [0.1, 0.15) is 24.8 Å². The van der Waals surface area contributed by atoms with E-state index in [9.17, 15) is 4.79 Å². The molecule has 1 saturated heterocycles. The maximum Gasteiger partial charge on any atom is 0.319 e. The second kappa shape index (κ2) is 12.8. The summed E-state index contributed by atoms with van der Waals surface area (Å²) in [6, 6.07) is 30.5. The average Bonchev–Trinajstić information content (AvgIpc) is 2.92. The summed E-state index contributed by atoms with van der Waals surface area (Å²) in [5, 5.41) is 0. The number of nitrogens with zero attached hydrogens (tertiary/aromatic N) is 3. The largest absolute Gasteiger partial charge is 0.327 e. The van der Waals surface area contributed by atoms with Crippen molar-refractivity contribution in [3.05, 3.63) is 90.5 Å². The third-order valence-electron chi connectivity index (χ3n) is 6.71. The quantitative estimate of drug-likeness (QED) is 0.356. The lowest BCUT2D eigenvalue weighted by Crippen LogP contribution is -2.44. The summed E-state index contributed by atoms with van der Waals surface area (Å²) in [5.74, 6) is 0. The van der Waals surface area contributed by atoms with E-state index in [0.717, 1.165) is 26.1 Å². The molecular weight excluding hydrogens is 450 g/mol. The summed E-state index contributed by atoms with van der Waals surface area (Å²) in [4.78, 5) is 23.0. The van der Waals surface area contributed by atoms with Gasteiger partial charge in [0.15, 0.2) is 14.7 Å². The predicted octanol–water partition coefficient (Wildman–Crippen LogP) is 5.79. The lowest BCUT2D eigenvalue weighted by atomic mass is 10.1. The number of hydrogen-bond acceptors (Lipinski definition) is 2. The number of carbonyl (C=O) groups is 1. The molecule has 0 spiro atoms. The molecule has 1 heterocycles. The lowest BCUT2D eigenvalue weighted by molar-refractivity contribution is 0.159. The highest BCUT2D eigenvalue weighted by Crippen LogP contribution is 2.31. The number of likely N-dealkylation sites (tertiary alicyclic amines) is 1. The van der Waals surface area contributed by atoms with Gasteiger partial charge in [-0.2, -0.15) is 0 Å². The first kappa shape index (κ1) is 25.3. The van der Waals surface area contributed by atoms with Crippen LogP contribution in [0.25, 0.3) is 0 Å². The van der Waals surface area contributed by atoms with Gasteiger partial charge in [0.25, 0.3) is 0 Å². The van der Waals surface area contributed by atoms with E-state index in [1.807, 2.05) is 23.9 Å². The van der Waals surface area contributed by atoms with Gasteiger partial charge in [-0.05, 0) is 74.3 Å². The molecule has 0 aromatic heterocycles. The summed E-state index contributed by atoms with van der Waals surface area (Å²) in [7, 11) is 3.71. The van der Waals surface area contributed by atoms with Gasteiger partial charge in [0.1, 0.15) is 0 Å². The SMILES string of the molecule is CN(CCc1ccc([S+](c2ccccc2)c2ccccc2)cc1)C(=O)N(C)CCN1CCCCC1. The molecule has 3 aromatic rings. The van der Waals surface area contributed by atoms with E-state index in [0.29, 0.717) is 0 Å². The van der Waals surface area contributed by atoms with Crippen molar-refractivity contribution >= 4 is 16.9 Å². The maximum atomic E-state index is 12.8. The van der Waals surface area contributed by atoms with E-state index in [2.05, 4.69) is 89.8 Å². The zero-order valence-corrected chi connectivity index (χ0v) is 21.9.